The molecular formula is C10H20FN. The molecule has 1 saturated carbocycles. The smallest absolute Gasteiger partial charge is 0.105 e. The Morgan fingerprint density at radius 2 is 1.67 bits per heavy atom. The minimum Gasteiger partial charge on any atom is -0.330 e. The quantitative estimate of drug-likeness (QED) is 0.696. The van der Waals surface area contributed by atoms with Crippen molar-refractivity contribution in [1.29, 1.82) is 0 Å². The molecule has 0 heterocycles. The molecule has 1 nitrogen and oxygen atoms in total. The van der Waals surface area contributed by atoms with Crippen molar-refractivity contribution in [3.63, 3.8) is 0 Å². The average Bonchev–Trinajstić information content (AvgIpc) is 2.24. The zero-order chi connectivity index (χ0) is 9.57. The van der Waals surface area contributed by atoms with Gasteiger partial charge >= 0.3 is 0 Å². The highest BCUT2D eigenvalue weighted by Gasteiger charge is 2.67. The number of alkyl halides is 1. The van der Waals surface area contributed by atoms with Crippen molar-refractivity contribution in [2.75, 3.05) is 6.54 Å². The van der Waals surface area contributed by atoms with Gasteiger partial charge in [0.2, 0.25) is 0 Å². The lowest BCUT2D eigenvalue weighted by Crippen LogP contribution is -2.14. The second-order valence-corrected chi connectivity index (χ2v) is 5.01. The van der Waals surface area contributed by atoms with Gasteiger partial charge in [-0.15, -0.1) is 0 Å². The Balaban J connectivity index is 2.58. The molecule has 1 rings (SSSR count). The fourth-order valence-corrected chi connectivity index (χ4v) is 2.48. The van der Waals surface area contributed by atoms with E-state index in [0.29, 0.717) is 13.0 Å². The number of hydrogen-bond donors (Lipinski definition) is 1. The van der Waals surface area contributed by atoms with E-state index in [1.54, 1.807) is 0 Å². The fraction of sp³-hybridized carbons (Fsp3) is 1.00. The molecule has 1 aliphatic carbocycles. The molecule has 1 aliphatic rings. The first kappa shape index (κ1) is 9.97. The Morgan fingerprint density at radius 1 is 1.25 bits per heavy atom. The Labute approximate surface area is 74.5 Å². The SMILES string of the molecule is CC1(C)C(C(F)CCN)C1(C)C. The van der Waals surface area contributed by atoms with Crippen LogP contribution >= 0.6 is 0 Å². The van der Waals surface area contributed by atoms with E-state index in [0.717, 1.165) is 0 Å². The van der Waals surface area contributed by atoms with Crippen LogP contribution < -0.4 is 5.73 Å². The maximum atomic E-state index is 13.5. The van der Waals surface area contributed by atoms with E-state index < -0.39 is 6.17 Å². The van der Waals surface area contributed by atoms with Gasteiger partial charge in [-0.3, -0.25) is 0 Å². The molecule has 0 aromatic carbocycles. The van der Waals surface area contributed by atoms with Crippen LogP contribution in [-0.4, -0.2) is 12.7 Å². The summed E-state index contributed by atoms with van der Waals surface area (Å²) in [5, 5.41) is 0. The molecule has 0 bridgehead atoms. The lowest BCUT2D eigenvalue weighted by atomic mass is 10.0. The summed E-state index contributed by atoms with van der Waals surface area (Å²) < 4.78 is 13.5. The van der Waals surface area contributed by atoms with E-state index in [-0.39, 0.29) is 16.7 Å². The van der Waals surface area contributed by atoms with Crippen LogP contribution in [0.4, 0.5) is 4.39 Å². The lowest BCUT2D eigenvalue weighted by molar-refractivity contribution is 0.247. The van der Waals surface area contributed by atoms with E-state index in [2.05, 4.69) is 27.7 Å². The van der Waals surface area contributed by atoms with Crippen LogP contribution in [0.25, 0.3) is 0 Å². The van der Waals surface area contributed by atoms with Gasteiger partial charge in [0.15, 0.2) is 0 Å². The Morgan fingerprint density at radius 3 is 1.92 bits per heavy atom. The van der Waals surface area contributed by atoms with Crippen molar-refractivity contribution in [2.45, 2.75) is 40.3 Å². The van der Waals surface area contributed by atoms with E-state index in [1.165, 1.54) is 0 Å². The number of nitrogens with two attached hydrogens (primary N) is 1. The summed E-state index contributed by atoms with van der Waals surface area (Å²) in [7, 11) is 0. The van der Waals surface area contributed by atoms with Crippen molar-refractivity contribution < 1.29 is 4.39 Å². The first-order chi connectivity index (χ1) is 5.35. The van der Waals surface area contributed by atoms with Crippen LogP contribution in [0.5, 0.6) is 0 Å². The number of hydrogen-bond acceptors (Lipinski definition) is 1. The number of halogens is 1. The summed E-state index contributed by atoms with van der Waals surface area (Å²) in [6, 6.07) is 0. The molecule has 1 unspecified atom stereocenters. The molecule has 1 fully saturated rings. The molecule has 72 valence electrons. The molecule has 0 amide bonds. The predicted molar refractivity (Wildman–Crippen MR) is 49.6 cm³/mol. The minimum atomic E-state index is -0.708. The van der Waals surface area contributed by atoms with Crippen LogP contribution in [0.15, 0.2) is 0 Å². The molecule has 1 atom stereocenters. The van der Waals surface area contributed by atoms with E-state index in [1.807, 2.05) is 0 Å². The van der Waals surface area contributed by atoms with Gasteiger partial charge in [0.25, 0.3) is 0 Å². The Kier molecular flexibility index (Phi) is 2.24. The summed E-state index contributed by atoms with van der Waals surface area (Å²) in [5.41, 5.74) is 5.64. The van der Waals surface area contributed by atoms with Gasteiger partial charge in [-0.1, -0.05) is 27.7 Å². The number of rotatable bonds is 3. The highest BCUT2D eigenvalue weighted by atomic mass is 19.1. The third-order valence-corrected chi connectivity index (χ3v) is 3.94. The molecule has 0 radical (unpaired) electrons. The minimum absolute atomic E-state index is 0.154. The standard InChI is InChI=1S/C10H20FN/c1-9(2)8(10(9,3)4)7(11)5-6-12/h7-8H,5-6,12H2,1-4H3. The highest BCUT2D eigenvalue weighted by molar-refractivity contribution is 5.14. The molecule has 0 saturated heterocycles. The van der Waals surface area contributed by atoms with Gasteiger partial charge < -0.3 is 5.73 Å². The van der Waals surface area contributed by atoms with E-state index in [4.69, 9.17) is 5.73 Å². The first-order valence-corrected chi connectivity index (χ1v) is 4.70. The second kappa shape index (κ2) is 2.69. The third kappa shape index (κ3) is 1.17. The molecule has 12 heavy (non-hydrogen) atoms. The van der Waals surface area contributed by atoms with Crippen LogP contribution in [0.2, 0.25) is 0 Å². The zero-order valence-electron chi connectivity index (χ0n) is 8.52. The van der Waals surface area contributed by atoms with Crippen molar-refractivity contribution in [3.05, 3.63) is 0 Å². The van der Waals surface area contributed by atoms with Gasteiger partial charge in [0.05, 0.1) is 0 Å². The van der Waals surface area contributed by atoms with Gasteiger partial charge in [0, 0.05) is 5.92 Å². The van der Waals surface area contributed by atoms with Gasteiger partial charge in [-0.25, -0.2) is 4.39 Å². The first-order valence-electron chi connectivity index (χ1n) is 4.70. The van der Waals surface area contributed by atoms with Crippen LogP contribution in [0, 0.1) is 16.7 Å². The maximum Gasteiger partial charge on any atom is 0.105 e. The largest absolute Gasteiger partial charge is 0.330 e. The lowest BCUT2D eigenvalue weighted by Gasteiger charge is -2.07. The normalized spacial score (nSPS) is 28.5. The molecule has 0 spiro atoms. The Hall–Kier alpha value is -0.110. The van der Waals surface area contributed by atoms with Crippen molar-refractivity contribution in [3.8, 4) is 0 Å². The average molecular weight is 173 g/mol. The Bertz CT molecular complexity index is 161. The molecule has 0 aliphatic heterocycles. The zero-order valence-corrected chi connectivity index (χ0v) is 8.52. The summed E-state index contributed by atoms with van der Waals surface area (Å²) in [6.07, 6.45) is -0.197. The molecule has 2 N–H and O–H groups in total. The monoisotopic (exact) mass is 173 g/mol. The fourth-order valence-electron chi connectivity index (χ4n) is 2.48. The molecular weight excluding hydrogens is 153 g/mol. The van der Waals surface area contributed by atoms with Gasteiger partial charge in [0.1, 0.15) is 6.17 Å². The highest BCUT2D eigenvalue weighted by Crippen LogP contribution is 2.70. The van der Waals surface area contributed by atoms with Crippen molar-refractivity contribution in [1.82, 2.24) is 0 Å². The van der Waals surface area contributed by atoms with E-state index >= 15 is 0 Å². The second-order valence-electron chi connectivity index (χ2n) is 5.01. The van der Waals surface area contributed by atoms with Crippen LogP contribution in [0.3, 0.4) is 0 Å². The van der Waals surface area contributed by atoms with Crippen molar-refractivity contribution in [2.24, 2.45) is 22.5 Å². The third-order valence-electron chi connectivity index (χ3n) is 3.94. The molecule has 2 heteroatoms. The van der Waals surface area contributed by atoms with Crippen LogP contribution in [0.1, 0.15) is 34.1 Å². The maximum absolute atomic E-state index is 13.5. The van der Waals surface area contributed by atoms with Crippen molar-refractivity contribution >= 4 is 0 Å². The predicted octanol–water partition coefficient (Wildman–Crippen LogP) is 2.36. The van der Waals surface area contributed by atoms with E-state index in [9.17, 15) is 4.39 Å². The van der Waals surface area contributed by atoms with Gasteiger partial charge in [-0.2, -0.15) is 0 Å². The molecule has 0 aromatic heterocycles. The summed E-state index contributed by atoms with van der Waals surface area (Å²) >= 11 is 0. The summed E-state index contributed by atoms with van der Waals surface area (Å²) in [5.74, 6) is 0.202. The summed E-state index contributed by atoms with van der Waals surface area (Å²) in [6.45, 7) is 9.02. The topological polar surface area (TPSA) is 26.0 Å². The molecule has 0 aromatic rings. The summed E-state index contributed by atoms with van der Waals surface area (Å²) in [4.78, 5) is 0. The van der Waals surface area contributed by atoms with Crippen LogP contribution in [-0.2, 0) is 0 Å². The van der Waals surface area contributed by atoms with Gasteiger partial charge in [-0.05, 0) is 23.8 Å².